The van der Waals surface area contributed by atoms with Gasteiger partial charge >= 0.3 is 0 Å². The molecule has 1 aromatic rings. The summed E-state index contributed by atoms with van der Waals surface area (Å²) in [5, 5.41) is 11.3. The maximum absolute atomic E-state index is 12.7. The lowest BCUT2D eigenvalue weighted by molar-refractivity contribution is -0.854. The summed E-state index contributed by atoms with van der Waals surface area (Å²) in [7, 11) is -3.42. The van der Waals surface area contributed by atoms with Crippen molar-refractivity contribution in [3.05, 3.63) is 41.7 Å². The highest BCUT2D eigenvalue weighted by Gasteiger charge is 2.31. The van der Waals surface area contributed by atoms with Gasteiger partial charge in [-0.25, -0.2) is 8.42 Å². The first-order valence-electron chi connectivity index (χ1n) is 9.32. The maximum Gasteiger partial charge on any atom is 0.275 e. The van der Waals surface area contributed by atoms with Crippen molar-refractivity contribution >= 4 is 21.6 Å². The number of sulfonamides is 1. The Morgan fingerprint density at radius 2 is 1.93 bits per heavy atom. The molecule has 3 N–H and O–H groups in total. The Morgan fingerprint density at radius 3 is 2.63 bits per heavy atom. The first-order chi connectivity index (χ1) is 13.0. The molecule has 3 aliphatic heterocycles. The van der Waals surface area contributed by atoms with E-state index < -0.39 is 10.0 Å². The molecule has 1 unspecified atom stereocenters. The van der Waals surface area contributed by atoms with Crippen molar-refractivity contribution in [2.24, 2.45) is 5.10 Å². The number of carbonyl (C=O) groups is 1. The average Bonchev–Trinajstić information content (AvgIpc) is 3.29. The van der Waals surface area contributed by atoms with Crippen molar-refractivity contribution in [3.8, 4) is 0 Å². The molecule has 0 aliphatic carbocycles. The number of hydrogen-bond acceptors (Lipinski definition) is 5. The van der Waals surface area contributed by atoms with Crippen LogP contribution in [0, 0.1) is 0 Å². The summed E-state index contributed by atoms with van der Waals surface area (Å²) in [6, 6.07) is 6.73. The fourth-order valence-corrected chi connectivity index (χ4v) is 5.06. The zero-order valence-corrected chi connectivity index (χ0v) is 15.9. The van der Waals surface area contributed by atoms with Crippen LogP contribution in [0.4, 0.5) is 0 Å². The number of quaternary nitrogens is 1. The van der Waals surface area contributed by atoms with Crippen LogP contribution in [0.25, 0.3) is 0 Å². The lowest BCUT2D eigenvalue weighted by Gasteiger charge is -2.25. The molecule has 1 amide bonds. The predicted octanol–water partition coefficient (Wildman–Crippen LogP) is -0.823. The van der Waals surface area contributed by atoms with Gasteiger partial charge in [0.2, 0.25) is 15.8 Å². The van der Waals surface area contributed by atoms with Crippen LogP contribution >= 0.6 is 0 Å². The summed E-state index contributed by atoms with van der Waals surface area (Å²) >= 11 is 0. The van der Waals surface area contributed by atoms with Crippen LogP contribution in [0.3, 0.4) is 0 Å². The van der Waals surface area contributed by atoms with E-state index >= 15 is 0 Å². The first-order valence-corrected chi connectivity index (χ1v) is 10.8. The van der Waals surface area contributed by atoms with Crippen molar-refractivity contribution in [1.82, 2.24) is 14.9 Å². The smallest absolute Gasteiger partial charge is 0.275 e. The molecule has 144 valence electrons. The molecular weight excluding hydrogens is 366 g/mol. The van der Waals surface area contributed by atoms with Crippen LogP contribution in [0.2, 0.25) is 0 Å². The van der Waals surface area contributed by atoms with E-state index in [0.717, 1.165) is 48.7 Å². The monoisotopic (exact) mass is 390 g/mol. The van der Waals surface area contributed by atoms with Gasteiger partial charge in [-0.15, -0.1) is 0 Å². The zero-order valence-electron chi connectivity index (χ0n) is 15.1. The third kappa shape index (κ3) is 3.76. The van der Waals surface area contributed by atoms with Crippen LogP contribution in [0.5, 0.6) is 0 Å². The number of piperidine rings is 1. The minimum Gasteiger partial charge on any atom is -0.346 e. The van der Waals surface area contributed by atoms with Crippen molar-refractivity contribution in [2.75, 3.05) is 26.2 Å². The normalized spacial score (nSPS) is 22.6. The van der Waals surface area contributed by atoms with E-state index in [1.807, 2.05) is 0 Å². The van der Waals surface area contributed by atoms with Gasteiger partial charge in [-0.1, -0.05) is 23.7 Å². The molecule has 0 bridgehead atoms. The summed E-state index contributed by atoms with van der Waals surface area (Å²) in [5.41, 5.74) is 1.26. The van der Waals surface area contributed by atoms with E-state index in [1.54, 1.807) is 34.6 Å². The van der Waals surface area contributed by atoms with Crippen LogP contribution in [0.15, 0.2) is 46.2 Å². The topological polar surface area (TPSA) is 95.3 Å². The van der Waals surface area contributed by atoms with Gasteiger partial charge < -0.3 is 10.6 Å². The van der Waals surface area contributed by atoms with Gasteiger partial charge in [0, 0.05) is 19.6 Å². The molecule has 2 saturated heterocycles. The third-order valence-corrected chi connectivity index (χ3v) is 7.00. The highest BCUT2D eigenvalue weighted by Crippen LogP contribution is 2.20. The van der Waals surface area contributed by atoms with E-state index in [1.165, 1.54) is 0 Å². The molecule has 27 heavy (non-hydrogen) atoms. The maximum atomic E-state index is 12.7. The van der Waals surface area contributed by atoms with Gasteiger partial charge in [0.05, 0.1) is 17.5 Å². The number of benzene rings is 1. The van der Waals surface area contributed by atoms with Crippen molar-refractivity contribution < 1.29 is 18.2 Å². The SMILES string of the molecule is O=C(NCc1ccc(S(=O)(=O)N2CCCCC2)cc1)C1=N[NH+]2CCNC2=C1. The average molecular weight is 390 g/mol. The molecule has 9 heteroatoms. The molecule has 1 atom stereocenters. The Kier molecular flexibility index (Phi) is 4.98. The van der Waals surface area contributed by atoms with Gasteiger partial charge in [-0.05, 0) is 30.5 Å². The van der Waals surface area contributed by atoms with Gasteiger partial charge in [0.15, 0.2) is 5.71 Å². The minimum absolute atomic E-state index is 0.226. The van der Waals surface area contributed by atoms with Crippen LogP contribution in [-0.4, -0.2) is 50.5 Å². The molecule has 3 aliphatic rings. The molecule has 1 aromatic carbocycles. The van der Waals surface area contributed by atoms with E-state index in [4.69, 9.17) is 0 Å². The number of carbonyl (C=O) groups excluding carboxylic acids is 1. The second-order valence-corrected chi connectivity index (χ2v) is 8.91. The minimum atomic E-state index is -3.42. The highest BCUT2D eigenvalue weighted by molar-refractivity contribution is 7.89. The fourth-order valence-electron chi connectivity index (χ4n) is 3.54. The highest BCUT2D eigenvalue weighted by atomic mass is 32.2. The summed E-state index contributed by atoms with van der Waals surface area (Å²) in [6.45, 7) is 3.22. The second kappa shape index (κ2) is 7.41. The lowest BCUT2D eigenvalue weighted by Crippen LogP contribution is -3.03. The molecule has 0 radical (unpaired) electrons. The van der Waals surface area contributed by atoms with Gasteiger partial charge in [-0.3, -0.25) is 4.79 Å². The van der Waals surface area contributed by atoms with Crippen molar-refractivity contribution in [3.63, 3.8) is 0 Å². The first kappa shape index (κ1) is 18.1. The predicted molar refractivity (Wildman–Crippen MR) is 100 cm³/mol. The Bertz CT molecular complexity index is 886. The van der Waals surface area contributed by atoms with Crippen LogP contribution < -0.4 is 15.6 Å². The van der Waals surface area contributed by atoms with E-state index in [9.17, 15) is 13.2 Å². The van der Waals surface area contributed by atoms with E-state index in [-0.39, 0.29) is 5.91 Å². The standard InChI is InChI=1S/C18H23N5O3S/c24-18(16-12-17-19-8-11-23(17)21-16)20-13-14-4-6-15(7-5-14)27(25,26)22-9-2-1-3-10-22/h4-7,12,19H,1-3,8-11,13H2,(H,20,24)/p+1. The van der Waals surface area contributed by atoms with Crippen molar-refractivity contribution in [2.45, 2.75) is 30.7 Å². The number of amides is 1. The molecule has 0 saturated carbocycles. The zero-order chi connectivity index (χ0) is 18.9. The Hall–Kier alpha value is -2.23. The van der Waals surface area contributed by atoms with Crippen LogP contribution in [0.1, 0.15) is 24.8 Å². The summed E-state index contributed by atoms with van der Waals surface area (Å²) in [4.78, 5) is 12.6. The summed E-state index contributed by atoms with van der Waals surface area (Å²) in [5.74, 6) is 0.712. The number of rotatable bonds is 5. The molecule has 8 nitrogen and oxygen atoms in total. The molecule has 0 spiro atoms. The van der Waals surface area contributed by atoms with Gasteiger partial charge in [0.25, 0.3) is 5.91 Å². The second-order valence-electron chi connectivity index (χ2n) is 6.97. The summed E-state index contributed by atoms with van der Waals surface area (Å²) in [6.07, 6.45) is 4.68. The Labute approximate surface area is 159 Å². The number of hydrogen-bond donors (Lipinski definition) is 3. The quantitative estimate of drug-likeness (QED) is 0.612. The molecule has 0 aromatic heterocycles. The lowest BCUT2D eigenvalue weighted by atomic mass is 10.2. The van der Waals surface area contributed by atoms with Gasteiger partial charge in [0.1, 0.15) is 6.54 Å². The summed E-state index contributed by atoms with van der Waals surface area (Å²) < 4.78 is 26.9. The van der Waals surface area contributed by atoms with Crippen molar-refractivity contribution in [1.29, 1.82) is 0 Å². The number of nitrogens with one attached hydrogen (secondary N) is 3. The van der Waals surface area contributed by atoms with E-state index in [0.29, 0.717) is 30.2 Å². The number of nitrogens with zero attached hydrogens (tertiary/aromatic N) is 2. The molecule has 3 heterocycles. The fraction of sp³-hybridized carbons (Fsp3) is 0.444. The Balaban J connectivity index is 1.36. The molecule has 4 rings (SSSR count). The Morgan fingerprint density at radius 1 is 1.19 bits per heavy atom. The molecular formula is C18H24N5O3S+. The van der Waals surface area contributed by atoms with Gasteiger partial charge in [-0.2, -0.15) is 9.31 Å². The number of fused-ring (bicyclic) bond motifs is 1. The van der Waals surface area contributed by atoms with E-state index in [2.05, 4.69) is 15.7 Å². The van der Waals surface area contributed by atoms with Crippen LogP contribution in [-0.2, 0) is 21.4 Å². The molecule has 2 fully saturated rings. The largest absolute Gasteiger partial charge is 0.346 e. The third-order valence-electron chi connectivity index (χ3n) is 5.09.